The SMILES string of the molecule is COCC(Br)C([O])Br. The second kappa shape index (κ2) is 4.73. The fourth-order valence-corrected chi connectivity index (χ4v) is 0.652. The number of halogens is 2. The van der Waals surface area contributed by atoms with Crippen molar-refractivity contribution in [1.29, 1.82) is 0 Å². The molecule has 49 valence electrons. The molecule has 2 unspecified atom stereocenters. The monoisotopic (exact) mass is 245 g/mol. The minimum atomic E-state index is -0.776. The van der Waals surface area contributed by atoms with Crippen molar-refractivity contribution in [3.8, 4) is 0 Å². The summed E-state index contributed by atoms with van der Waals surface area (Å²) in [5, 5.41) is 9.63. The number of alkyl halides is 2. The van der Waals surface area contributed by atoms with Crippen molar-refractivity contribution in [3.05, 3.63) is 0 Å². The minimum Gasteiger partial charge on any atom is -0.383 e. The van der Waals surface area contributed by atoms with Gasteiger partial charge in [0.25, 0.3) is 0 Å². The lowest BCUT2D eigenvalue weighted by molar-refractivity contribution is 0.124. The summed E-state index contributed by atoms with van der Waals surface area (Å²) < 4.78 is 4.69. The molecule has 1 radical (unpaired) electrons. The summed E-state index contributed by atoms with van der Waals surface area (Å²) in [4.78, 5) is -0.132. The van der Waals surface area contributed by atoms with Crippen LogP contribution in [0.5, 0.6) is 0 Å². The van der Waals surface area contributed by atoms with E-state index in [4.69, 9.17) is 0 Å². The molecule has 2 nitrogen and oxygen atoms in total. The van der Waals surface area contributed by atoms with Gasteiger partial charge in [0.05, 0.1) is 11.4 Å². The molecule has 0 bridgehead atoms. The van der Waals surface area contributed by atoms with Crippen molar-refractivity contribution in [3.63, 3.8) is 0 Å². The van der Waals surface area contributed by atoms with E-state index >= 15 is 0 Å². The van der Waals surface area contributed by atoms with Gasteiger partial charge < -0.3 is 4.74 Å². The van der Waals surface area contributed by atoms with Gasteiger partial charge in [0.15, 0.2) is 5.01 Å². The van der Waals surface area contributed by atoms with E-state index in [0.717, 1.165) is 0 Å². The maximum Gasteiger partial charge on any atom is 0.162 e. The van der Waals surface area contributed by atoms with Crippen LogP contribution in [-0.2, 0) is 9.84 Å². The molecule has 0 aliphatic rings. The topological polar surface area (TPSA) is 29.1 Å². The van der Waals surface area contributed by atoms with Gasteiger partial charge in [-0.25, -0.2) is 5.11 Å². The van der Waals surface area contributed by atoms with E-state index in [-0.39, 0.29) is 4.83 Å². The second-order valence-electron chi connectivity index (χ2n) is 1.32. The summed E-state index contributed by atoms with van der Waals surface area (Å²) >= 11 is 5.98. The lowest BCUT2D eigenvalue weighted by Gasteiger charge is -2.06. The van der Waals surface area contributed by atoms with E-state index in [1.54, 1.807) is 7.11 Å². The number of rotatable bonds is 3. The molecule has 0 aromatic carbocycles. The van der Waals surface area contributed by atoms with Crippen LogP contribution in [0.2, 0.25) is 0 Å². The average Bonchev–Trinajstić information content (AvgIpc) is 1.67. The molecule has 0 N–H and O–H groups in total. The largest absolute Gasteiger partial charge is 0.383 e. The van der Waals surface area contributed by atoms with Crippen LogP contribution < -0.4 is 0 Å². The van der Waals surface area contributed by atoms with Crippen molar-refractivity contribution in [2.24, 2.45) is 0 Å². The van der Waals surface area contributed by atoms with Crippen LogP contribution in [0.4, 0.5) is 0 Å². The predicted octanol–water partition coefficient (Wildman–Crippen LogP) is 1.55. The summed E-state index contributed by atoms with van der Waals surface area (Å²) in [5.41, 5.74) is 0. The van der Waals surface area contributed by atoms with Gasteiger partial charge in [-0.3, -0.25) is 0 Å². The first kappa shape index (κ1) is 8.88. The molecule has 0 aromatic rings. The fraction of sp³-hybridized carbons (Fsp3) is 1.00. The second-order valence-corrected chi connectivity index (χ2v) is 3.40. The first-order valence-corrected chi connectivity index (χ1v) is 3.94. The fourth-order valence-electron chi connectivity index (χ4n) is 0.235. The summed E-state index contributed by atoms with van der Waals surface area (Å²) in [6.45, 7) is 0.444. The molecule has 0 heterocycles. The van der Waals surface area contributed by atoms with E-state index in [1.165, 1.54) is 0 Å². The Morgan fingerprint density at radius 3 is 2.25 bits per heavy atom. The third-order valence-electron chi connectivity index (χ3n) is 0.610. The standard InChI is InChI=1S/C4H7Br2O2/c1-8-2-3(5)4(6)7/h3-4H,2H2,1H3. The van der Waals surface area contributed by atoms with Crippen LogP contribution in [0.1, 0.15) is 0 Å². The molecule has 2 atom stereocenters. The van der Waals surface area contributed by atoms with E-state index in [9.17, 15) is 5.11 Å². The molecule has 0 aliphatic carbocycles. The van der Waals surface area contributed by atoms with E-state index in [0.29, 0.717) is 6.61 Å². The first-order chi connectivity index (χ1) is 3.68. The van der Waals surface area contributed by atoms with Crippen LogP contribution in [0.15, 0.2) is 0 Å². The molecular weight excluding hydrogens is 240 g/mol. The van der Waals surface area contributed by atoms with Crippen LogP contribution in [0, 0.1) is 0 Å². The van der Waals surface area contributed by atoms with Gasteiger partial charge in [-0.2, -0.15) is 0 Å². The Kier molecular flexibility index (Phi) is 5.25. The van der Waals surface area contributed by atoms with Gasteiger partial charge in [0.1, 0.15) is 0 Å². The highest BCUT2D eigenvalue weighted by Gasteiger charge is 2.12. The third kappa shape index (κ3) is 3.83. The van der Waals surface area contributed by atoms with Gasteiger partial charge in [0, 0.05) is 7.11 Å². The van der Waals surface area contributed by atoms with Crippen molar-refractivity contribution < 1.29 is 9.84 Å². The number of methoxy groups -OCH3 is 1. The Labute approximate surface area is 65.5 Å². The van der Waals surface area contributed by atoms with Gasteiger partial charge in [-0.15, -0.1) is 0 Å². The zero-order valence-corrected chi connectivity index (χ0v) is 7.61. The van der Waals surface area contributed by atoms with Crippen molar-refractivity contribution in [2.45, 2.75) is 9.84 Å². The molecule has 0 saturated heterocycles. The predicted molar refractivity (Wildman–Crippen MR) is 38.0 cm³/mol. The Morgan fingerprint density at radius 1 is 1.62 bits per heavy atom. The van der Waals surface area contributed by atoms with Crippen LogP contribution in [0.25, 0.3) is 0 Å². The highest BCUT2D eigenvalue weighted by Crippen LogP contribution is 2.11. The van der Waals surface area contributed by atoms with Gasteiger partial charge in [-0.05, 0) is 0 Å². The highest BCUT2D eigenvalue weighted by atomic mass is 79.9. The number of ether oxygens (including phenoxy) is 1. The molecule has 0 fully saturated rings. The Hall–Kier alpha value is 0.880. The van der Waals surface area contributed by atoms with Gasteiger partial charge >= 0.3 is 0 Å². The molecule has 4 heteroatoms. The van der Waals surface area contributed by atoms with Gasteiger partial charge in [-0.1, -0.05) is 31.9 Å². The minimum absolute atomic E-state index is 0.132. The van der Waals surface area contributed by atoms with Crippen LogP contribution >= 0.6 is 31.9 Å². The zero-order chi connectivity index (χ0) is 6.57. The van der Waals surface area contributed by atoms with Crippen molar-refractivity contribution >= 4 is 31.9 Å². The average molecular weight is 247 g/mol. The van der Waals surface area contributed by atoms with E-state index < -0.39 is 5.01 Å². The highest BCUT2D eigenvalue weighted by molar-refractivity contribution is 9.12. The summed E-state index contributed by atoms with van der Waals surface area (Å²) in [7, 11) is 1.56. The number of hydrogen-bond acceptors (Lipinski definition) is 1. The maximum atomic E-state index is 10.4. The molecule has 0 amide bonds. The summed E-state index contributed by atoms with van der Waals surface area (Å²) in [6, 6.07) is 0. The van der Waals surface area contributed by atoms with E-state index in [2.05, 4.69) is 36.6 Å². The Morgan fingerprint density at radius 2 is 2.12 bits per heavy atom. The first-order valence-electron chi connectivity index (χ1n) is 2.11. The van der Waals surface area contributed by atoms with Crippen molar-refractivity contribution in [2.75, 3.05) is 13.7 Å². The number of hydrogen-bond donors (Lipinski definition) is 0. The van der Waals surface area contributed by atoms with E-state index in [1.807, 2.05) is 0 Å². The summed E-state index contributed by atoms with van der Waals surface area (Å²) in [5.74, 6) is 0. The van der Waals surface area contributed by atoms with Gasteiger partial charge in [0.2, 0.25) is 0 Å². The molecule has 0 saturated carbocycles. The Balaban J connectivity index is 3.17. The Bertz CT molecular complexity index is 58.0. The smallest absolute Gasteiger partial charge is 0.162 e. The van der Waals surface area contributed by atoms with Crippen LogP contribution in [-0.4, -0.2) is 23.6 Å². The van der Waals surface area contributed by atoms with Crippen LogP contribution in [0.3, 0.4) is 0 Å². The maximum absolute atomic E-state index is 10.4. The normalized spacial score (nSPS) is 18.0. The molecule has 0 aliphatic heterocycles. The molecular formula is C4H7Br2O2. The third-order valence-corrected chi connectivity index (χ3v) is 2.70. The summed E-state index contributed by atoms with van der Waals surface area (Å²) in [6.07, 6.45) is 0. The lowest BCUT2D eigenvalue weighted by Crippen LogP contribution is -2.16. The zero-order valence-electron chi connectivity index (χ0n) is 4.43. The molecule has 0 aromatic heterocycles. The lowest BCUT2D eigenvalue weighted by atomic mass is 10.5. The molecule has 0 rings (SSSR count). The quantitative estimate of drug-likeness (QED) is 0.695. The van der Waals surface area contributed by atoms with Crippen molar-refractivity contribution in [1.82, 2.24) is 0 Å². The molecule has 8 heavy (non-hydrogen) atoms. The molecule has 0 spiro atoms.